The topological polar surface area (TPSA) is 263 Å². The van der Waals surface area contributed by atoms with Gasteiger partial charge in [-0.25, -0.2) is 28.2 Å². The summed E-state index contributed by atoms with van der Waals surface area (Å²) < 4.78 is 36.1. The summed E-state index contributed by atoms with van der Waals surface area (Å²) in [6.45, 7) is 2.21. The summed E-state index contributed by atoms with van der Waals surface area (Å²) in [6.07, 6.45) is 3.11. The van der Waals surface area contributed by atoms with Crippen molar-refractivity contribution >= 4 is 75.8 Å². The maximum Gasteiger partial charge on any atom is 0.407 e. The van der Waals surface area contributed by atoms with E-state index in [0.717, 1.165) is 41.5 Å². The van der Waals surface area contributed by atoms with E-state index in [1.807, 2.05) is 48.5 Å². The van der Waals surface area contributed by atoms with Crippen molar-refractivity contribution in [3.63, 3.8) is 0 Å². The van der Waals surface area contributed by atoms with E-state index < -0.39 is 93.8 Å². The average Bonchev–Trinajstić information content (AvgIpc) is 3.98. The lowest BCUT2D eigenvalue weighted by atomic mass is 9.83. The smallest absolute Gasteiger partial charge is 0.407 e. The highest BCUT2D eigenvalue weighted by atomic mass is 32.2. The Labute approximate surface area is 441 Å². The molecule has 7 atom stereocenters. The molecule has 1 saturated carbocycles. The molecular weight excluding hydrogens is 1020 g/mol. The van der Waals surface area contributed by atoms with Gasteiger partial charge in [0.05, 0.1) is 23.0 Å². The SMILES string of the molecule is CCC[C@H](NC(=O)C1C[C@@H](NS(=O)(=O)c2ccccc2)CN1C(=O)[C@H](NC(=O)OCC1c2ccccc2-c2ccccc21)C1CCCCC1)C(=NNC(=O)NC(P)P)C(=O)NCC(=O)N[C@H](C(C)=O)c1ccccc1. The predicted octanol–water partition coefficient (Wildman–Crippen LogP) is 4.96. The highest BCUT2D eigenvalue weighted by molar-refractivity contribution is 7.89. The molecule has 7 amide bonds. The number of hydrogen-bond acceptors (Lipinski definition) is 11. The Bertz CT molecular complexity index is 2810. The van der Waals surface area contributed by atoms with Crippen LogP contribution in [-0.2, 0) is 38.7 Å². The number of carbonyl (C=O) groups is 7. The van der Waals surface area contributed by atoms with Gasteiger partial charge < -0.3 is 36.2 Å². The standard InChI is InChI=1S/C53H65N9O10P2S/c1-3-17-42(47(59-60-51(68)58-53(73)74)49(66)54-29-44(64)56-45(32(2)63)33-18-7-4-8-19-33)55-48(65)43-28-35(61-75(70,71)36-22-11-6-12-23-36)30-62(43)50(67)46(34-20-9-5-10-21-34)57-52(69)72-31-41-39-26-15-13-24-37(39)38-25-14-16-27-40(38)41/h4,6-8,11-16,18-19,22-27,34-35,41-43,45-46,53,61H,3,5,9-10,17,20-21,28-31,73-74H2,1-2H3,(H,54,66)(H,55,65)(H,56,64)(H,57,69)(H2,58,60,68)/t35-,42+,43?,45-,46-/m1/s1. The van der Waals surface area contributed by atoms with Gasteiger partial charge in [-0.05, 0) is 78.5 Å². The molecule has 2 aliphatic carbocycles. The second kappa shape index (κ2) is 26.3. The monoisotopic (exact) mass is 1080 g/mol. The first kappa shape index (κ1) is 56.1. The number of rotatable bonds is 21. The highest BCUT2D eigenvalue weighted by Gasteiger charge is 2.46. The maximum absolute atomic E-state index is 15.2. The van der Waals surface area contributed by atoms with Gasteiger partial charge in [-0.1, -0.05) is 130 Å². The zero-order valence-corrected chi connectivity index (χ0v) is 45.0. The molecule has 1 saturated heterocycles. The number of nitrogens with one attached hydrogen (secondary N) is 7. The zero-order chi connectivity index (χ0) is 53.6. The maximum atomic E-state index is 15.2. The minimum Gasteiger partial charge on any atom is -0.449 e. The highest BCUT2D eigenvalue weighted by Crippen LogP contribution is 2.44. The van der Waals surface area contributed by atoms with E-state index >= 15 is 4.79 Å². The number of fused-ring (bicyclic) bond motifs is 3. The first-order chi connectivity index (χ1) is 36.0. The summed E-state index contributed by atoms with van der Waals surface area (Å²) in [6, 6.07) is 25.5. The van der Waals surface area contributed by atoms with Crippen LogP contribution < -0.4 is 36.7 Å². The number of nitrogens with zero attached hydrogens (tertiary/aromatic N) is 2. The lowest BCUT2D eigenvalue weighted by Gasteiger charge is -2.34. The van der Waals surface area contributed by atoms with Crippen LogP contribution in [0, 0.1) is 5.92 Å². The zero-order valence-electron chi connectivity index (χ0n) is 41.8. The predicted molar refractivity (Wildman–Crippen MR) is 289 cm³/mol. The summed E-state index contributed by atoms with van der Waals surface area (Å²) >= 11 is 0. The molecule has 7 N–H and O–H groups in total. The Morgan fingerprint density at radius 1 is 0.773 bits per heavy atom. The largest absolute Gasteiger partial charge is 0.449 e. The molecule has 0 aromatic heterocycles. The quantitative estimate of drug-likeness (QED) is 0.0335. The molecule has 3 unspecified atom stereocenters. The first-order valence-corrected chi connectivity index (χ1v) is 27.9. The van der Waals surface area contributed by atoms with Crippen LogP contribution in [0.15, 0.2) is 119 Å². The van der Waals surface area contributed by atoms with Crippen molar-refractivity contribution in [3.8, 4) is 11.1 Å². The van der Waals surface area contributed by atoms with Gasteiger partial charge in [-0.15, -0.1) is 18.5 Å². The van der Waals surface area contributed by atoms with E-state index in [4.69, 9.17) is 4.74 Å². The van der Waals surface area contributed by atoms with Crippen LogP contribution in [0.2, 0.25) is 0 Å². The third kappa shape index (κ3) is 14.6. The molecule has 4 aromatic rings. The fraction of sp³-hybridized carbons (Fsp3) is 0.396. The minimum absolute atomic E-state index is 0.0109. The van der Waals surface area contributed by atoms with E-state index in [0.29, 0.717) is 24.8 Å². The van der Waals surface area contributed by atoms with Crippen molar-refractivity contribution < 1.29 is 46.7 Å². The van der Waals surface area contributed by atoms with Crippen LogP contribution >= 0.6 is 18.5 Å². The molecule has 4 aromatic carbocycles. The van der Waals surface area contributed by atoms with Gasteiger partial charge in [0.15, 0.2) is 5.78 Å². The van der Waals surface area contributed by atoms with Gasteiger partial charge >= 0.3 is 12.1 Å². The molecule has 1 aliphatic heterocycles. The van der Waals surface area contributed by atoms with Crippen molar-refractivity contribution in [2.45, 2.75) is 112 Å². The molecule has 75 heavy (non-hydrogen) atoms. The number of likely N-dealkylation sites (tertiary alicyclic amines) is 1. The molecule has 7 rings (SSSR count). The van der Waals surface area contributed by atoms with E-state index in [-0.39, 0.29) is 48.5 Å². The van der Waals surface area contributed by atoms with E-state index in [1.165, 1.54) is 24.0 Å². The fourth-order valence-corrected chi connectivity index (χ4v) is 11.6. The van der Waals surface area contributed by atoms with Crippen LogP contribution in [0.25, 0.3) is 11.1 Å². The Morgan fingerprint density at radius 3 is 2.00 bits per heavy atom. The Hall–Kier alpha value is -6.59. The van der Waals surface area contributed by atoms with Crippen LogP contribution in [0.1, 0.15) is 93.9 Å². The molecule has 0 radical (unpaired) electrons. The molecule has 3 aliphatic rings. The summed E-state index contributed by atoms with van der Waals surface area (Å²) in [7, 11) is 0.536. The fourth-order valence-electron chi connectivity index (χ4n) is 10.0. The number of alkyl carbamates (subject to hydrolysis) is 1. The van der Waals surface area contributed by atoms with Gasteiger partial charge in [-0.3, -0.25) is 24.0 Å². The lowest BCUT2D eigenvalue weighted by Crippen LogP contribution is -2.58. The number of carbonyl (C=O) groups excluding carboxylic acids is 7. The summed E-state index contributed by atoms with van der Waals surface area (Å²) in [5.41, 5.74) is 6.02. The number of sulfonamides is 1. The number of benzene rings is 4. The van der Waals surface area contributed by atoms with Crippen molar-refractivity contribution in [1.29, 1.82) is 0 Å². The lowest BCUT2D eigenvalue weighted by molar-refractivity contribution is -0.141. The number of hydrogen-bond donors (Lipinski definition) is 7. The molecule has 19 nitrogen and oxygen atoms in total. The van der Waals surface area contributed by atoms with Crippen LogP contribution in [0.3, 0.4) is 0 Å². The number of amides is 7. The Kier molecular flexibility index (Phi) is 19.7. The number of urea groups is 1. The van der Waals surface area contributed by atoms with E-state index in [9.17, 15) is 37.2 Å². The van der Waals surface area contributed by atoms with Gasteiger partial charge in [0, 0.05) is 18.5 Å². The van der Waals surface area contributed by atoms with Crippen LogP contribution in [0.4, 0.5) is 9.59 Å². The molecule has 398 valence electrons. The van der Waals surface area contributed by atoms with Crippen LogP contribution in [-0.4, -0.2) is 110 Å². The third-order valence-electron chi connectivity index (χ3n) is 13.6. The van der Waals surface area contributed by atoms with Crippen LogP contribution in [0.5, 0.6) is 0 Å². The second-order valence-corrected chi connectivity index (χ2v) is 22.8. The minimum atomic E-state index is -4.16. The molecule has 2 fully saturated rings. The molecule has 1 heterocycles. The average molecular weight is 1080 g/mol. The number of ketones is 1. The van der Waals surface area contributed by atoms with Gasteiger partial charge in [0.2, 0.25) is 27.7 Å². The number of hydrazone groups is 1. The summed E-state index contributed by atoms with van der Waals surface area (Å²) in [4.78, 5) is 98.1. The van der Waals surface area contributed by atoms with Gasteiger partial charge in [0.25, 0.3) is 5.91 Å². The summed E-state index contributed by atoms with van der Waals surface area (Å²) in [5, 5.41) is 17.5. The van der Waals surface area contributed by atoms with Gasteiger partial charge in [0.1, 0.15) is 30.4 Å². The van der Waals surface area contributed by atoms with Crippen molar-refractivity contribution in [2.24, 2.45) is 11.0 Å². The third-order valence-corrected chi connectivity index (χ3v) is 15.4. The molecular formula is C53H65N9O10P2S. The molecule has 0 spiro atoms. The number of ether oxygens (including phenoxy) is 1. The second-order valence-electron chi connectivity index (χ2n) is 18.9. The Morgan fingerprint density at radius 2 is 1.39 bits per heavy atom. The molecule has 0 bridgehead atoms. The van der Waals surface area contributed by atoms with E-state index in [1.54, 1.807) is 55.5 Å². The van der Waals surface area contributed by atoms with Crippen molar-refractivity contribution in [3.05, 3.63) is 126 Å². The van der Waals surface area contributed by atoms with Gasteiger partial charge in [-0.2, -0.15) is 5.10 Å². The number of Topliss-reactive ketones (excluding diaryl/α,β-unsaturated/α-hetero) is 1. The van der Waals surface area contributed by atoms with E-state index in [2.05, 4.69) is 60.3 Å². The first-order valence-electron chi connectivity index (χ1n) is 25.1. The normalized spacial score (nSPS) is 17.9. The van der Waals surface area contributed by atoms with Crippen molar-refractivity contribution in [1.82, 2.24) is 41.6 Å². The molecule has 22 heteroatoms. The van der Waals surface area contributed by atoms with Crippen molar-refractivity contribution in [2.75, 3.05) is 19.7 Å². The summed E-state index contributed by atoms with van der Waals surface area (Å²) in [5.74, 6) is -4.02. The Balaban J connectivity index is 1.14.